The van der Waals surface area contributed by atoms with Gasteiger partial charge in [0.15, 0.2) is 0 Å². The maximum atomic E-state index is 12.3. The summed E-state index contributed by atoms with van der Waals surface area (Å²) >= 11 is 0. The third-order valence-electron chi connectivity index (χ3n) is 3.96. The molecule has 0 aromatic heterocycles. The first kappa shape index (κ1) is 16.8. The normalized spacial score (nSPS) is 15.9. The number of carbonyl (C=O) groups excluding carboxylic acids is 1. The highest BCUT2D eigenvalue weighted by Crippen LogP contribution is 2.15. The number of hydrogen-bond acceptors (Lipinski definition) is 3. The number of hydrogen-bond donors (Lipinski definition) is 1. The zero-order valence-electron chi connectivity index (χ0n) is 13.9. The van der Waals surface area contributed by atoms with Crippen molar-refractivity contribution in [3.05, 3.63) is 29.3 Å². The van der Waals surface area contributed by atoms with Crippen molar-refractivity contribution in [3.63, 3.8) is 0 Å². The molecule has 1 aliphatic heterocycles. The molecule has 122 valence electrons. The molecule has 22 heavy (non-hydrogen) atoms. The van der Waals surface area contributed by atoms with Crippen LogP contribution in [-0.4, -0.2) is 62.3 Å². The van der Waals surface area contributed by atoms with E-state index in [9.17, 15) is 4.79 Å². The molecule has 1 aliphatic rings. The molecule has 5 nitrogen and oxygen atoms in total. The van der Waals surface area contributed by atoms with Crippen LogP contribution in [0.3, 0.4) is 0 Å². The predicted molar refractivity (Wildman–Crippen MR) is 89.4 cm³/mol. The molecule has 0 saturated carbocycles. The van der Waals surface area contributed by atoms with Crippen molar-refractivity contribution in [2.75, 3.05) is 51.8 Å². The Balaban J connectivity index is 1.79. The van der Waals surface area contributed by atoms with Crippen molar-refractivity contribution < 1.29 is 9.53 Å². The third-order valence-corrected chi connectivity index (χ3v) is 3.96. The molecule has 5 heteroatoms. The second-order valence-corrected chi connectivity index (χ2v) is 5.98. The molecule has 1 fully saturated rings. The summed E-state index contributed by atoms with van der Waals surface area (Å²) < 4.78 is 5.08. The summed E-state index contributed by atoms with van der Waals surface area (Å²) in [5.74, 6) is 0. The lowest BCUT2D eigenvalue weighted by Crippen LogP contribution is -2.50. The highest BCUT2D eigenvalue weighted by Gasteiger charge is 2.20. The molecule has 2 rings (SSSR count). The number of ether oxygens (including phenoxy) is 1. The molecule has 2 amide bonds. The van der Waals surface area contributed by atoms with Crippen LogP contribution in [0.25, 0.3) is 0 Å². The zero-order chi connectivity index (χ0) is 15.9. The van der Waals surface area contributed by atoms with E-state index in [1.54, 1.807) is 7.11 Å². The van der Waals surface area contributed by atoms with Crippen molar-refractivity contribution in [2.24, 2.45) is 0 Å². The quantitative estimate of drug-likeness (QED) is 0.850. The standard InChI is InChI=1S/C17H27N3O2/c1-14-11-15(2)13-16(12-14)18-17(21)20-8-6-19(7-9-20)5-4-10-22-3/h11-13H,4-10H2,1-3H3,(H,18,21). The Morgan fingerprint density at radius 2 is 1.77 bits per heavy atom. The number of anilines is 1. The van der Waals surface area contributed by atoms with E-state index in [1.165, 1.54) is 11.1 Å². The fraction of sp³-hybridized carbons (Fsp3) is 0.588. The largest absolute Gasteiger partial charge is 0.385 e. The number of carbonyl (C=O) groups is 1. The monoisotopic (exact) mass is 305 g/mol. The molecule has 1 heterocycles. The van der Waals surface area contributed by atoms with Gasteiger partial charge in [-0.05, 0) is 43.5 Å². The van der Waals surface area contributed by atoms with E-state index < -0.39 is 0 Å². The van der Waals surface area contributed by atoms with Gasteiger partial charge in [-0.3, -0.25) is 4.90 Å². The van der Waals surface area contributed by atoms with Crippen molar-refractivity contribution in [3.8, 4) is 0 Å². The van der Waals surface area contributed by atoms with Gasteiger partial charge in [-0.2, -0.15) is 0 Å². The minimum Gasteiger partial charge on any atom is -0.385 e. The van der Waals surface area contributed by atoms with Crippen molar-refractivity contribution in [1.82, 2.24) is 9.80 Å². The Morgan fingerprint density at radius 3 is 2.36 bits per heavy atom. The van der Waals surface area contributed by atoms with E-state index in [4.69, 9.17) is 4.74 Å². The minimum atomic E-state index is 0.00143. The van der Waals surface area contributed by atoms with Crippen molar-refractivity contribution in [1.29, 1.82) is 0 Å². The predicted octanol–water partition coefficient (Wildman–Crippen LogP) is 2.49. The summed E-state index contributed by atoms with van der Waals surface area (Å²) in [5.41, 5.74) is 3.21. The molecule has 0 atom stereocenters. The van der Waals surface area contributed by atoms with Gasteiger partial charge in [0.05, 0.1) is 0 Å². The number of nitrogens with one attached hydrogen (secondary N) is 1. The average molecular weight is 305 g/mol. The first-order valence-corrected chi connectivity index (χ1v) is 7.94. The average Bonchev–Trinajstić information content (AvgIpc) is 2.47. The molecule has 1 aromatic rings. The smallest absolute Gasteiger partial charge is 0.321 e. The van der Waals surface area contributed by atoms with Gasteiger partial charge in [-0.25, -0.2) is 4.79 Å². The van der Waals surface area contributed by atoms with E-state index in [-0.39, 0.29) is 6.03 Å². The lowest BCUT2D eigenvalue weighted by atomic mass is 10.1. The van der Waals surface area contributed by atoms with E-state index in [1.807, 2.05) is 30.9 Å². The van der Waals surface area contributed by atoms with Crippen LogP contribution >= 0.6 is 0 Å². The second kappa shape index (κ2) is 8.15. The fourth-order valence-electron chi connectivity index (χ4n) is 2.86. The van der Waals surface area contributed by atoms with Crippen LogP contribution in [0.5, 0.6) is 0 Å². The van der Waals surface area contributed by atoms with E-state index in [0.29, 0.717) is 0 Å². The topological polar surface area (TPSA) is 44.8 Å². The van der Waals surface area contributed by atoms with Crippen LogP contribution in [-0.2, 0) is 4.74 Å². The number of urea groups is 1. The molecular weight excluding hydrogens is 278 g/mol. The number of methoxy groups -OCH3 is 1. The van der Waals surface area contributed by atoms with Crippen LogP contribution in [0.1, 0.15) is 17.5 Å². The molecule has 1 saturated heterocycles. The Hall–Kier alpha value is -1.59. The van der Waals surface area contributed by atoms with Gasteiger partial charge in [0, 0.05) is 52.1 Å². The second-order valence-electron chi connectivity index (χ2n) is 5.98. The summed E-state index contributed by atoms with van der Waals surface area (Å²) in [6, 6.07) is 6.12. The van der Waals surface area contributed by atoms with Gasteiger partial charge >= 0.3 is 6.03 Å². The summed E-state index contributed by atoms with van der Waals surface area (Å²) in [4.78, 5) is 16.6. The number of nitrogens with zero attached hydrogens (tertiary/aromatic N) is 2. The van der Waals surface area contributed by atoms with Gasteiger partial charge in [0.25, 0.3) is 0 Å². The number of benzene rings is 1. The summed E-state index contributed by atoms with van der Waals surface area (Å²) in [6.07, 6.45) is 1.05. The van der Waals surface area contributed by atoms with Crippen LogP contribution in [0, 0.1) is 13.8 Å². The van der Waals surface area contributed by atoms with Crippen molar-refractivity contribution >= 4 is 11.7 Å². The highest BCUT2D eigenvalue weighted by molar-refractivity contribution is 5.89. The molecule has 1 N–H and O–H groups in total. The maximum Gasteiger partial charge on any atom is 0.321 e. The van der Waals surface area contributed by atoms with Gasteiger partial charge in [0.1, 0.15) is 0 Å². The van der Waals surface area contributed by atoms with E-state index in [0.717, 1.165) is 51.4 Å². The van der Waals surface area contributed by atoms with E-state index >= 15 is 0 Å². The van der Waals surface area contributed by atoms with Crippen LogP contribution in [0.2, 0.25) is 0 Å². The Bertz CT molecular complexity index is 476. The number of piperazine rings is 1. The molecule has 0 unspecified atom stereocenters. The lowest BCUT2D eigenvalue weighted by molar-refractivity contribution is 0.130. The van der Waals surface area contributed by atoms with Gasteiger partial charge in [0.2, 0.25) is 0 Å². The number of amides is 2. The summed E-state index contributed by atoms with van der Waals surface area (Å²) in [6.45, 7) is 9.36. The molecule has 0 spiro atoms. The van der Waals surface area contributed by atoms with Gasteiger partial charge in [-0.15, -0.1) is 0 Å². The van der Waals surface area contributed by atoms with Crippen LogP contribution in [0.4, 0.5) is 10.5 Å². The summed E-state index contributed by atoms with van der Waals surface area (Å²) in [7, 11) is 1.73. The zero-order valence-corrected chi connectivity index (χ0v) is 13.9. The molecule has 0 aliphatic carbocycles. The third kappa shape index (κ3) is 5.00. The number of aryl methyl sites for hydroxylation is 2. The Labute approximate surface area is 133 Å². The van der Waals surface area contributed by atoms with Crippen LogP contribution < -0.4 is 5.32 Å². The lowest BCUT2D eigenvalue weighted by Gasteiger charge is -2.34. The van der Waals surface area contributed by atoms with Crippen molar-refractivity contribution in [2.45, 2.75) is 20.3 Å². The number of rotatable bonds is 5. The SMILES string of the molecule is COCCCN1CCN(C(=O)Nc2cc(C)cc(C)c2)CC1. The highest BCUT2D eigenvalue weighted by atomic mass is 16.5. The van der Waals surface area contributed by atoms with E-state index in [2.05, 4.69) is 16.3 Å². The molecule has 1 aromatic carbocycles. The Kier molecular flexibility index (Phi) is 6.21. The summed E-state index contributed by atoms with van der Waals surface area (Å²) in [5, 5.41) is 3.01. The maximum absolute atomic E-state index is 12.3. The van der Waals surface area contributed by atoms with Gasteiger partial charge in [-0.1, -0.05) is 6.07 Å². The van der Waals surface area contributed by atoms with Crippen LogP contribution in [0.15, 0.2) is 18.2 Å². The first-order valence-electron chi connectivity index (χ1n) is 7.94. The van der Waals surface area contributed by atoms with Gasteiger partial charge < -0.3 is 15.0 Å². The minimum absolute atomic E-state index is 0.00143. The molecule has 0 bridgehead atoms. The molecule has 0 radical (unpaired) electrons. The first-order chi connectivity index (χ1) is 10.6. The molecular formula is C17H27N3O2. The Morgan fingerprint density at radius 1 is 1.14 bits per heavy atom. The fourth-order valence-corrected chi connectivity index (χ4v) is 2.86.